The van der Waals surface area contributed by atoms with Gasteiger partial charge in [-0.05, 0) is 42.3 Å². The summed E-state index contributed by atoms with van der Waals surface area (Å²) in [6.45, 7) is 2.04. The number of hydrogen-bond acceptors (Lipinski definition) is 5. The highest BCUT2D eigenvalue weighted by Crippen LogP contribution is 2.32. The maximum absolute atomic E-state index is 10.6. The average Bonchev–Trinajstić information content (AvgIpc) is 2.82. The Kier molecular flexibility index (Phi) is 4.00. The Bertz CT molecular complexity index is 860. The monoisotopic (exact) mass is 331 g/mol. The first-order chi connectivity index (χ1) is 10.5. The summed E-state index contributed by atoms with van der Waals surface area (Å²) in [7, 11) is 0. The summed E-state index contributed by atoms with van der Waals surface area (Å²) < 4.78 is 1.10. The van der Waals surface area contributed by atoms with Gasteiger partial charge in [0.25, 0.3) is 0 Å². The summed E-state index contributed by atoms with van der Waals surface area (Å²) in [4.78, 5) is 15.1. The topological polar surface area (TPSA) is 65.0 Å². The van der Waals surface area contributed by atoms with Gasteiger partial charge in [-0.3, -0.25) is 0 Å². The third kappa shape index (κ3) is 3.21. The molecule has 0 atom stereocenters. The molecule has 1 aromatic heterocycles. The minimum atomic E-state index is -1.13. The number of carbonyl (C=O) groups is 1. The van der Waals surface area contributed by atoms with Gasteiger partial charge in [0.2, 0.25) is 0 Å². The number of carboxylic acids is 1. The smallest absolute Gasteiger partial charge is 0.188 e. The summed E-state index contributed by atoms with van der Waals surface area (Å²) in [5, 5.41) is 15.0. The van der Waals surface area contributed by atoms with E-state index < -0.39 is 5.97 Å². The van der Waals surface area contributed by atoms with Crippen LogP contribution in [0.25, 0.3) is 10.2 Å². The lowest BCUT2D eigenvalue weighted by Crippen LogP contribution is -2.24. The number of carboxylic acid groups (broad SMARTS) is 1. The molecular weight excluding hydrogens is 320 g/mol. The molecule has 0 spiro atoms. The number of rotatable bonds is 4. The van der Waals surface area contributed by atoms with Crippen LogP contribution >= 0.6 is 22.9 Å². The first-order valence-electron chi connectivity index (χ1n) is 6.64. The van der Waals surface area contributed by atoms with Gasteiger partial charge < -0.3 is 15.2 Å². The number of nitrogens with zero attached hydrogens (tertiary/aromatic N) is 1. The second-order valence-electron chi connectivity index (χ2n) is 4.98. The molecule has 0 aliphatic carbocycles. The number of benzene rings is 2. The van der Waals surface area contributed by atoms with Gasteiger partial charge in [0, 0.05) is 12.4 Å². The number of carbonyl (C=O) groups excluding carboxylic acids is 1. The average molecular weight is 332 g/mol. The van der Waals surface area contributed by atoms with Gasteiger partial charge in [0.1, 0.15) is 0 Å². The van der Waals surface area contributed by atoms with Gasteiger partial charge in [-0.2, -0.15) is 0 Å². The Balaban J connectivity index is 1.86. The number of halogens is 1. The normalized spacial score (nSPS) is 10.8. The molecule has 0 saturated heterocycles. The van der Waals surface area contributed by atoms with Gasteiger partial charge in [-0.15, -0.1) is 0 Å². The zero-order valence-electron chi connectivity index (χ0n) is 11.7. The number of hydrogen-bond donors (Lipinski definition) is 1. The highest BCUT2D eigenvalue weighted by Gasteiger charge is 2.07. The molecule has 0 aliphatic rings. The molecule has 1 N–H and O–H groups in total. The summed E-state index contributed by atoms with van der Waals surface area (Å²) in [6, 6.07) is 11.2. The fourth-order valence-electron chi connectivity index (χ4n) is 2.14. The Hall–Kier alpha value is -2.11. The van der Waals surface area contributed by atoms with Crippen molar-refractivity contribution in [3.63, 3.8) is 0 Å². The number of nitrogens with one attached hydrogen (secondary N) is 1. The molecule has 0 bridgehead atoms. The van der Waals surface area contributed by atoms with E-state index in [0.717, 1.165) is 15.3 Å². The van der Waals surface area contributed by atoms with E-state index in [2.05, 4.69) is 16.4 Å². The van der Waals surface area contributed by atoms with E-state index in [1.165, 1.54) is 5.56 Å². The molecule has 0 radical (unpaired) electrons. The van der Waals surface area contributed by atoms with Gasteiger partial charge >= 0.3 is 0 Å². The molecule has 0 fully saturated rings. The zero-order valence-corrected chi connectivity index (χ0v) is 13.3. The van der Waals surface area contributed by atoms with Crippen molar-refractivity contribution in [1.29, 1.82) is 0 Å². The highest BCUT2D eigenvalue weighted by atomic mass is 35.5. The minimum absolute atomic E-state index is 0.152. The maximum atomic E-state index is 10.6. The number of aliphatic carboxylic acids is 1. The van der Waals surface area contributed by atoms with E-state index in [4.69, 9.17) is 11.6 Å². The molecule has 1 heterocycles. The summed E-state index contributed by atoms with van der Waals surface area (Å²) in [5.74, 6) is -1.13. The van der Waals surface area contributed by atoms with Gasteiger partial charge in [-0.25, -0.2) is 4.98 Å². The third-order valence-electron chi connectivity index (χ3n) is 3.17. The molecule has 4 nitrogen and oxygen atoms in total. The Morgan fingerprint density at radius 2 is 2.14 bits per heavy atom. The van der Waals surface area contributed by atoms with Crippen LogP contribution < -0.4 is 10.4 Å². The third-order valence-corrected chi connectivity index (χ3v) is 4.41. The van der Waals surface area contributed by atoms with Crippen LogP contribution in [0.4, 0.5) is 10.8 Å². The lowest BCUT2D eigenvalue weighted by molar-refractivity contribution is -0.304. The highest BCUT2D eigenvalue weighted by molar-refractivity contribution is 7.22. The second-order valence-corrected chi connectivity index (χ2v) is 6.42. The molecule has 22 heavy (non-hydrogen) atoms. The quantitative estimate of drug-likeness (QED) is 0.796. The van der Waals surface area contributed by atoms with Crippen molar-refractivity contribution in [1.82, 2.24) is 4.98 Å². The number of aryl methyl sites for hydroxylation is 1. The van der Waals surface area contributed by atoms with E-state index in [-0.39, 0.29) is 6.42 Å². The summed E-state index contributed by atoms with van der Waals surface area (Å²) >= 11 is 7.73. The first kappa shape index (κ1) is 14.8. The zero-order chi connectivity index (χ0) is 15.7. The van der Waals surface area contributed by atoms with Crippen LogP contribution in [-0.4, -0.2) is 11.0 Å². The van der Waals surface area contributed by atoms with Crippen LogP contribution in [0, 0.1) is 6.92 Å². The lowest BCUT2D eigenvalue weighted by atomic mass is 10.1. The molecule has 3 rings (SSSR count). The van der Waals surface area contributed by atoms with Crippen LogP contribution in [0.1, 0.15) is 11.1 Å². The Morgan fingerprint density at radius 3 is 2.86 bits per heavy atom. The number of fused-ring (bicyclic) bond motifs is 1. The Morgan fingerprint density at radius 1 is 1.32 bits per heavy atom. The van der Waals surface area contributed by atoms with Crippen molar-refractivity contribution < 1.29 is 9.90 Å². The van der Waals surface area contributed by atoms with Crippen LogP contribution in [0.15, 0.2) is 36.4 Å². The SMILES string of the molecule is Cc1ccc2nc(Nc3ccc(CC(=O)[O-])cc3Cl)sc2c1. The number of thiazole rings is 1. The van der Waals surface area contributed by atoms with Crippen LogP contribution in [0.2, 0.25) is 5.02 Å². The number of aromatic nitrogens is 1. The summed E-state index contributed by atoms with van der Waals surface area (Å²) in [6.07, 6.45) is -0.152. The molecular formula is C16H12ClN2O2S-. The molecule has 3 aromatic rings. The second kappa shape index (κ2) is 5.94. The molecule has 0 unspecified atom stereocenters. The number of anilines is 2. The van der Waals surface area contributed by atoms with Crippen LogP contribution in [0.3, 0.4) is 0 Å². The van der Waals surface area contributed by atoms with Crippen LogP contribution in [0.5, 0.6) is 0 Å². The standard InChI is InChI=1S/C16H13ClN2O2S/c1-9-2-4-13-14(6-9)22-16(19-13)18-12-5-3-10(7-11(12)17)8-15(20)21/h2-7H,8H2,1H3,(H,18,19)(H,20,21)/p-1. The maximum Gasteiger partial charge on any atom is 0.188 e. The van der Waals surface area contributed by atoms with Gasteiger partial charge in [0.05, 0.1) is 20.9 Å². The minimum Gasteiger partial charge on any atom is -0.550 e. The Labute approximate surface area is 136 Å². The molecule has 2 aromatic carbocycles. The van der Waals surface area contributed by atoms with Crippen LogP contribution in [-0.2, 0) is 11.2 Å². The van der Waals surface area contributed by atoms with Gasteiger partial charge in [-0.1, -0.05) is 35.1 Å². The van der Waals surface area contributed by atoms with E-state index in [1.54, 1.807) is 29.5 Å². The molecule has 0 amide bonds. The van der Waals surface area contributed by atoms with Crippen molar-refractivity contribution in [2.45, 2.75) is 13.3 Å². The van der Waals surface area contributed by atoms with Crippen molar-refractivity contribution >= 4 is 49.9 Å². The predicted octanol–water partition coefficient (Wildman–Crippen LogP) is 3.29. The van der Waals surface area contributed by atoms with E-state index >= 15 is 0 Å². The molecule has 6 heteroatoms. The van der Waals surface area contributed by atoms with Crippen molar-refractivity contribution in [3.8, 4) is 0 Å². The van der Waals surface area contributed by atoms with Crippen molar-refractivity contribution in [2.75, 3.05) is 5.32 Å². The van der Waals surface area contributed by atoms with E-state index in [1.807, 2.05) is 19.1 Å². The van der Waals surface area contributed by atoms with E-state index in [0.29, 0.717) is 16.3 Å². The van der Waals surface area contributed by atoms with Crippen molar-refractivity contribution in [2.24, 2.45) is 0 Å². The van der Waals surface area contributed by atoms with Crippen molar-refractivity contribution in [3.05, 3.63) is 52.5 Å². The fourth-order valence-corrected chi connectivity index (χ4v) is 3.36. The van der Waals surface area contributed by atoms with E-state index in [9.17, 15) is 9.90 Å². The predicted molar refractivity (Wildman–Crippen MR) is 87.8 cm³/mol. The van der Waals surface area contributed by atoms with Gasteiger partial charge in [0.15, 0.2) is 5.13 Å². The molecule has 0 saturated carbocycles. The first-order valence-corrected chi connectivity index (χ1v) is 7.83. The fraction of sp³-hybridized carbons (Fsp3) is 0.125. The summed E-state index contributed by atoms with van der Waals surface area (Å²) in [5.41, 5.74) is 3.42. The molecule has 0 aliphatic heterocycles. The molecule has 112 valence electrons. The largest absolute Gasteiger partial charge is 0.550 e. The lowest BCUT2D eigenvalue weighted by Gasteiger charge is -2.08.